The number of carbonyl (C=O) groups excluding carboxylic acids is 1. The molecule has 2 aromatic carbocycles. The van der Waals surface area contributed by atoms with Gasteiger partial charge in [0, 0.05) is 24.8 Å². The van der Waals surface area contributed by atoms with E-state index in [0.29, 0.717) is 0 Å². The molecule has 1 saturated heterocycles. The van der Waals surface area contributed by atoms with Crippen LogP contribution in [0.5, 0.6) is 0 Å². The number of hydrogen-bond acceptors (Lipinski definition) is 2. The third kappa shape index (κ3) is 4.37. The van der Waals surface area contributed by atoms with Crippen molar-refractivity contribution in [1.82, 2.24) is 9.80 Å². The van der Waals surface area contributed by atoms with Crippen molar-refractivity contribution in [3.63, 3.8) is 0 Å². The Labute approximate surface area is 148 Å². The van der Waals surface area contributed by atoms with Crippen molar-refractivity contribution in [2.24, 2.45) is 0 Å². The van der Waals surface area contributed by atoms with E-state index in [-0.39, 0.29) is 17.9 Å². The number of benzene rings is 2. The summed E-state index contributed by atoms with van der Waals surface area (Å²) in [6.45, 7) is 4.73. The first kappa shape index (κ1) is 17.4. The molecule has 1 heterocycles. The lowest BCUT2D eigenvalue weighted by molar-refractivity contribution is 0.190. The fourth-order valence-corrected chi connectivity index (χ4v) is 3.28. The van der Waals surface area contributed by atoms with E-state index in [9.17, 15) is 9.18 Å². The van der Waals surface area contributed by atoms with Gasteiger partial charge in [0.25, 0.3) is 0 Å². The molecule has 0 aliphatic carbocycles. The highest BCUT2D eigenvalue weighted by Crippen LogP contribution is 2.22. The molecule has 25 heavy (non-hydrogen) atoms. The van der Waals surface area contributed by atoms with Gasteiger partial charge in [-0.3, -0.25) is 0 Å². The second-order valence-corrected chi connectivity index (χ2v) is 6.68. The number of amides is 2. The summed E-state index contributed by atoms with van der Waals surface area (Å²) in [5, 5.41) is 2.97. The van der Waals surface area contributed by atoms with Crippen LogP contribution in [0.25, 0.3) is 11.1 Å². The molecule has 2 amide bonds. The Morgan fingerprint density at radius 2 is 1.88 bits per heavy atom. The normalized spacial score (nSPS) is 18.7. The molecule has 1 fully saturated rings. The zero-order valence-electron chi connectivity index (χ0n) is 14.7. The van der Waals surface area contributed by atoms with Crippen molar-refractivity contribution < 1.29 is 9.18 Å². The third-order valence-electron chi connectivity index (χ3n) is 4.60. The molecule has 1 aliphatic rings. The maximum atomic E-state index is 13.3. The van der Waals surface area contributed by atoms with Gasteiger partial charge in [0.15, 0.2) is 0 Å². The third-order valence-corrected chi connectivity index (χ3v) is 4.60. The van der Waals surface area contributed by atoms with E-state index in [0.717, 1.165) is 42.9 Å². The molecule has 2 aromatic rings. The van der Waals surface area contributed by atoms with Crippen LogP contribution in [0.15, 0.2) is 48.5 Å². The zero-order valence-corrected chi connectivity index (χ0v) is 14.7. The van der Waals surface area contributed by atoms with Crippen LogP contribution >= 0.6 is 0 Å². The SMILES string of the molecule is C[C@@H]1CN(C)CCCN1C(=O)Nc1ccc(-c2cccc(F)c2)cc1. The molecule has 1 atom stereocenters. The summed E-state index contributed by atoms with van der Waals surface area (Å²) in [6, 6.07) is 14.1. The highest BCUT2D eigenvalue weighted by atomic mass is 19.1. The molecular formula is C20H24FN3O. The van der Waals surface area contributed by atoms with E-state index in [4.69, 9.17) is 0 Å². The second kappa shape index (κ2) is 7.66. The molecular weight excluding hydrogens is 317 g/mol. The fourth-order valence-electron chi connectivity index (χ4n) is 3.28. The average molecular weight is 341 g/mol. The van der Waals surface area contributed by atoms with E-state index in [1.807, 2.05) is 35.2 Å². The summed E-state index contributed by atoms with van der Waals surface area (Å²) >= 11 is 0. The monoisotopic (exact) mass is 341 g/mol. The topological polar surface area (TPSA) is 35.6 Å². The number of nitrogens with one attached hydrogen (secondary N) is 1. The predicted octanol–water partition coefficient (Wildman–Crippen LogP) is 4.05. The van der Waals surface area contributed by atoms with Crippen LogP contribution in [-0.4, -0.2) is 48.6 Å². The average Bonchev–Trinajstić information content (AvgIpc) is 2.75. The Hall–Kier alpha value is -2.40. The lowest BCUT2D eigenvalue weighted by Gasteiger charge is -2.28. The first-order valence-corrected chi connectivity index (χ1v) is 8.65. The Morgan fingerprint density at radius 3 is 2.60 bits per heavy atom. The van der Waals surface area contributed by atoms with Crippen LogP contribution < -0.4 is 5.32 Å². The first-order valence-electron chi connectivity index (χ1n) is 8.65. The van der Waals surface area contributed by atoms with Gasteiger partial charge in [-0.05, 0) is 62.3 Å². The van der Waals surface area contributed by atoms with Gasteiger partial charge >= 0.3 is 6.03 Å². The van der Waals surface area contributed by atoms with Gasteiger partial charge in [0.05, 0.1) is 0 Å². The van der Waals surface area contributed by atoms with Gasteiger partial charge in [-0.2, -0.15) is 0 Å². The first-order chi connectivity index (χ1) is 12.0. The van der Waals surface area contributed by atoms with E-state index in [1.165, 1.54) is 12.1 Å². The molecule has 1 aliphatic heterocycles. The summed E-state index contributed by atoms with van der Waals surface area (Å²) in [7, 11) is 2.09. The number of anilines is 1. The summed E-state index contributed by atoms with van der Waals surface area (Å²) in [5.41, 5.74) is 2.49. The molecule has 3 rings (SSSR count). The Balaban J connectivity index is 1.67. The minimum Gasteiger partial charge on any atom is -0.320 e. The highest BCUT2D eigenvalue weighted by molar-refractivity contribution is 5.90. The molecule has 1 N–H and O–H groups in total. The number of urea groups is 1. The fraction of sp³-hybridized carbons (Fsp3) is 0.350. The van der Waals surface area contributed by atoms with E-state index >= 15 is 0 Å². The van der Waals surface area contributed by atoms with Gasteiger partial charge in [0.2, 0.25) is 0 Å². The smallest absolute Gasteiger partial charge is 0.320 e. The van der Waals surface area contributed by atoms with Crippen molar-refractivity contribution in [1.29, 1.82) is 0 Å². The van der Waals surface area contributed by atoms with Crippen molar-refractivity contribution in [3.8, 4) is 11.1 Å². The standard InChI is InChI=1S/C20H24FN3O/c1-15-14-23(2)11-4-12-24(15)20(25)22-19-9-7-16(8-10-19)17-5-3-6-18(21)13-17/h3,5-10,13,15H,4,11-12,14H2,1-2H3,(H,22,25)/t15-/m1/s1. The highest BCUT2D eigenvalue weighted by Gasteiger charge is 2.23. The quantitative estimate of drug-likeness (QED) is 0.894. The summed E-state index contributed by atoms with van der Waals surface area (Å²) in [5.74, 6) is -0.255. The van der Waals surface area contributed by atoms with Crippen LogP contribution in [0, 0.1) is 5.82 Å². The maximum Gasteiger partial charge on any atom is 0.322 e. The number of halogens is 1. The van der Waals surface area contributed by atoms with E-state index in [2.05, 4.69) is 24.2 Å². The minimum atomic E-state index is -0.255. The Bertz CT molecular complexity index is 732. The van der Waals surface area contributed by atoms with Crippen molar-refractivity contribution in [2.45, 2.75) is 19.4 Å². The number of carbonyl (C=O) groups is 1. The van der Waals surface area contributed by atoms with Crippen LogP contribution in [0.1, 0.15) is 13.3 Å². The number of likely N-dealkylation sites (N-methyl/N-ethyl adjacent to an activating group) is 1. The van der Waals surface area contributed by atoms with Gasteiger partial charge in [-0.1, -0.05) is 24.3 Å². The van der Waals surface area contributed by atoms with E-state index < -0.39 is 0 Å². The minimum absolute atomic E-state index is 0.0682. The van der Waals surface area contributed by atoms with Crippen molar-refractivity contribution in [3.05, 3.63) is 54.3 Å². The summed E-state index contributed by atoms with van der Waals surface area (Å²) in [4.78, 5) is 16.7. The lowest BCUT2D eigenvalue weighted by atomic mass is 10.1. The number of nitrogens with zero attached hydrogens (tertiary/aromatic N) is 2. The van der Waals surface area contributed by atoms with Gasteiger partial charge in [-0.15, -0.1) is 0 Å². The number of rotatable bonds is 2. The molecule has 0 bridgehead atoms. The molecule has 0 unspecified atom stereocenters. The van der Waals surface area contributed by atoms with Crippen molar-refractivity contribution >= 4 is 11.7 Å². The molecule has 0 saturated carbocycles. The van der Waals surface area contributed by atoms with E-state index in [1.54, 1.807) is 6.07 Å². The zero-order chi connectivity index (χ0) is 17.8. The van der Waals surface area contributed by atoms with Crippen LogP contribution in [0.4, 0.5) is 14.9 Å². The second-order valence-electron chi connectivity index (χ2n) is 6.68. The molecule has 0 aromatic heterocycles. The van der Waals surface area contributed by atoms with Gasteiger partial charge in [0.1, 0.15) is 5.82 Å². The molecule has 132 valence electrons. The van der Waals surface area contributed by atoms with Crippen LogP contribution in [-0.2, 0) is 0 Å². The van der Waals surface area contributed by atoms with Gasteiger partial charge in [-0.25, -0.2) is 9.18 Å². The lowest BCUT2D eigenvalue weighted by Crippen LogP contribution is -2.44. The largest absolute Gasteiger partial charge is 0.322 e. The molecule has 0 radical (unpaired) electrons. The Morgan fingerprint density at radius 1 is 1.12 bits per heavy atom. The molecule has 4 nitrogen and oxygen atoms in total. The van der Waals surface area contributed by atoms with Crippen LogP contribution in [0.3, 0.4) is 0 Å². The predicted molar refractivity (Wildman–Crippen MR) is 99.1 cm³/mol. The molecule has 0 spiro atoms. The Kier molecular flexibility index (Phi) is 5.34. The maximum absolute atomic E-state index is 13.3. The number of hydrogen-bond donors (Lipinski definition) is 1. The van der Waals surface area contributed by atoms with Gasteiger partial charge < -0.3 is 15.1 Å². The van der Waals surface area contributed by atoms with Crippen molar-refractivity contribution in [2.75, 3.05) is 32.0 Å². The molecule has 5 heteroatoms. The summed E-state index contributed by atoms with van der Waals surface area (Å²) in [6.07, 6.45) is 0.979. The van der Waals surface area contributed by atoms with Crippen LogP contribution in [0.2, 0.25) is 0 Å². The summed E-state index contributed by atoms with van der Waals surface area (Å²) < 4.78 is 13.3.